The van der Waals surface area contributed by atoms with Gasteiger partial charge in [0.2, 0.25) is 11.0 Å². The van der Waals surface area contributed by atoms with Crippen LogP contribution in [0.2, 0.25) is 0 Å². The Morgan fingerprint density at radius 2 is 2.31 bits per heavy atom. The molecule has 16 heavy (non-hydrogen) atoms. The van der Waals surface area contributed by atoms with Crippen LogP contribution < -0.4 is 10.6 Å². The van der Waals surface area contributed by atoms with Crippen LogP contribution in [0.3, 0.4) is 0 Å². The van der Waals surface area contributed by atoms with Gasteiger partial charge in [-0.1, -0.05) is 0 Å². The molecule has 0 saturated heterocycles. The summed E-state index contributed by atoms with van der Waals surface area (Å²) in [6.45, 7) is 4.14. The predicted octanol–water partition coefficient (Wildman–Crippen LogP) is 1.35. The first kappa shape index (κ1) is 11.3. The summed E-state index contributed by atoms with van der Waals surface area (Å²) in [6.07, 6.45) is 2.40. The van der Waals surface area contributed by atoms with Crippen LogP contribution in [0.25, 0.3) is 0 Å². The van der Waals surface area contributed by atoms with Crippen molar-refractivity contribution in [2.45, 2.75) is 38.6 Å². The highest BCUT2D eigenvalue weighted by atomic mass is 32.1. The van der Waals surface area contributed by atoms with Crippen LogP contribution in [0, 0.1) is 0 Å². The van der Waals surface area contributed by atoms with Crippen molar-refractivity contribution < 1.29 is 4.79 Å². The number of rotatable bonds is 5. The van der Waals surface area contributed by atoms with Gasteiger partial charge in [-0.2, -0.15) is 4.37 Å². The van der Waals surface area contributed by atoms with E-state index in [-0.39, 0.29) is 18.5 Å². The van der Waals surface area contributed by atoms with Crippen molar-refractivity contribution in [3.05, 3.63) is 5.82 Å². The second-order valence-electron chi connectivity index (χ2n) is 4.31. The molecule has 0 radical (unpaired) electrons. The van der Waals surface area contributed by atoms with E-state index < -0.39 is 0 Å². The Hall–Kier alpha value is -1.17. The molecule has 1 amide bonds. The Labute approximate surface area is 98.8 Å². The third-order valence-corrected chi connectivity index (χ3v) is 2.92. The lowest BCUT2D eigenvalue weighted by molar-refractivity contribution is -0.119. The maximum Gasteiger partial charge on any atom is 0.239 e. The minimum absolute atomic E-state index is 0.0156. The highest BCUT2D eigenvalue weighted by Gasteiger charge is 2.27. The molecule has 1 saturated carbocycles. The zero-order valence-electron chi connectivity index (χ0n) is 9.49. The fourth-order valence-electron chi connectivity index (χ4n) is 1.34. The van der Waals surface area contributed by atoms with Gasteiger partial charge in [-0.25, -0.2) is 4.98 Å². The van der Waals surface area contributed by atoms with Gasteiger partial charge in [0.15, 0.2) is 0 Å². The van der Waals surface area contributed by atoms with Gasteiger partial charge in [0.05, 0.1) is 6.54 Å². The summed E-state index contributed by atoms with van der Waals surface area (Å²) >= 11 is 1.33. The third kappa shape index (κ3) is 3.16. The van der Waals surface area contributed by atoms with Gasteiger partial charge in [0.25, 0.3) is 0 Å². The highest BCUT2D eigenvalue weighted by molar-refractivity contribution is 7.09. The summed E-state index contributed by atoms with van der Waals surface area (Å²) in [6, 6.07) is 0.172. The van der Waals surface area contributed by atoms with E-state index in [4.69, 9.17) is 0 Å². The minimum atomic E-state index is -0.0156. The SMILES string of the molecule is CC(C)NC(=O)CNc1nc(C2CC2)ns1. The molecule has 5 nitrogen and oxygen atoms in total. The number of anilines is 1. The first-order valence-corrected chi connectivity index (χ1v) is 6.29. The molecule has 0 spiro atoms. The van der Waals surface area contributed by atoms with Crippen LogP contribution in [0.15, 0.2) is 0 Å². The van der Waals surface area contributed by atoms with Crippen molar-refractivity contribution >= 4 is 22.6 Å². The van der Waals surface area contributed by atoms with Gasteiger partial charge < -0.3 is 10.6 Å². The van der Waals surface area contributed by atoms with Gasteiger partial charge in [-0.15, -0.1) is 0 Å². The topological polar surface area (TPSA) is 66.9 Å². The molecule has 88 valence electrons. The largest absolute Gasteiger partial charge is 0.352 e. The van der Waals surface area contributed by atoms with E-state index in [0.717, 1.165) is 11.0 Å². The molecular weight excluding hydrogens is 224 g/mol. The molecule has 1 aromatic rings. The van der Waals surface area contributed by atoms with E-state index in [9.17, 15) is 4.79 Å². The second-order valence-corrected chi connectivity index (χ2v) is 5.06. The van der Waals surface area contributed by atoms with Crippen LogP contribution in [-0.4, -0.2) is 27.9 Å². The molecule has 0 unspecified atom stereocenters. The van der Waals surface area contributed by atoms with Crippen molar-refractivity contribution in [1.82, 2.24) is 14.7 Å². The lowest BCUT2D eigenvalue weighted by Crippen LogP contribution is -2.34. The molecule has 1 aromatic heterocycles. The van der Waals surface area contributed by atoms with Crippen molar-refractivity contribution in [3.63, 3.8) is 0 Å². The molecule has 6 heteroatoms. The van der Waals surface area contributed by atoms with E-state index in [1.165, 1.54) is 24.4 Å². The number of nitrogens with one attached hydrogen (secondary N) is 2. The lowest BCUT2D eigenvalue weighted by Gasteiger charge is -2.07. The summed E-state index contributed by atoms with van der Waals surface area (Å²) < 4.78 is 4.25. The number of amides is 1. The van der Waals surface area contributed by atoms with Gasteiger partial charge in [0, 0.05) is 23.5 Å². The molecule has 1 aliphatic carbocycles. The molecule has 1 aliphatic rings. The van der Waals surface area contributed by atoms with Crippen LogP contribution >= 0.6 is 11.5 Å². The van der Waals surface area contributed by atoms with E-state index in [0.29, 0.717) is 5.92 Å². The molecule has 1 fully saturated rings. The normalized spacial score (nSPS) is 15.2. The number of hydrogen-bond donors (Lipinski definition) is 2. The molecule has 1 heterocycles. The van der Waals surface area contributed by atoms with Crippen molar-refractivity contribution in [3.8, 4) is 0 Å². The maximum atomic E-state index is 11.4. The molecule has 0 atom stereocenters. The van der Waals surface area contributed by atoms with Crippen molar-refractivity contribution in [2.24, 2.45) is 0 Å². The summed E-state index contributed by atoms with van der Waals surface area (Å²) in [7, 11) is 0. The van der Waals surface area contributed by atoms with Crippen molar-refractivity contribution in [1.29, 1.82) is 0 Å². The summed E-state index contributed by atoms with van der Waals surface area (Å²) in [5.41, 5.74) is 0. The fraction of sp³-hybridized carbons (Fsp3) is 0.700. The van der Waals surface area contributed by atoms with Crippen LogP contribution in [0.4, 0.5) is 5.13 Å². The van der Waals surface area contributed by atoms with Gasteiger partial charge in [0.1, 0.15) is 5.82 Å². The number of nitrogens with zero attached hydrogens (tertiary/aromatic N) is 2. The molecule has 0 aromatic carbocycles. The van der Waals surface area contributed by atoms with Gasteiger partial charge >= 0.3 is 0 Å². The van der Waals surface area contributed by atoms with E-state index in [1.54, 1.807) is 0 Å². The quantitative estimate of drug-likeness (QED) is 0.815. The summed E-state index contributed by atoms with van der Waals surface area (Å²) in [5.74, 6) is 1.48. The third-order valence-electron chi connectivity index (χ3n) is 2.23. The van der Waals surface area contributed by atoms with E-state index in [2.05, 4.69) is 20.0 Å². The molecule has 2 N–H and O–H groups in total. The average Bonchev–Trinajstić information content (AvgIpc) is 2.94. The minimum Gasteiger partial charge on any atom is -0.352 e. The Morgan fingerprint density at radius 3 is 2.94 bits per heavy atom. The summed E-state index contributed by atoms with van der Waals surface area (Å²) in [5, 5.41) is 6.53. The van der Waals surface area contributed by atoms with Crippen LogP contribution in [0.1, 0.15) is 38.4 Å². The van der Waals surface area contributed by atoms with Crippen LogP contribution in [0.5, 0.6) is 0 Å². The van der Waals surface area contributed by atoms with E-state index in [1.807, 2.05) is 13.8 Å². The Bertz CT molecular complexity index is 373. The predicted molar refractivity (Wildman–Crippen MR) is 63.7 cm³/mol. The average molecular weight is 240 g/mol. The van der Waals surface area contributed by atoms with Crippen molar-refractivity contribution in [2.75, 3.05) is 11.9 Å². The summed E-state index contributed by atoms with van der Waals surface area (Å²) in [4.78, 5) is 15.7. The lowest BCUT2D eigenvalue weighted by atomic mass is 10.4. The fourth-order valence-corrected chi connectivity index (χ4v) is 1.98. The van der Waals surface area contributed by atoms with Crippen LogP contribution in [-0.2, 0) is 4.79 Å². The highest BCUT2D eigenvalue weighted by Crippen LogP contribution is 2.39. The molecule has 0 bridgehead atoms. The number of hydrogen-bond acceptors (Lipinski definition) is 5. The second kappa shape index (κ2) is 4.78. The smallest absolute Gasteiger partial charge is 0.239 e. The standard InChI is InChI=1S/C10H16N4OS/c1-6(2)12-8(15)5-11-10-13-9(14-16-10)7-3-4-7/h6-7H,3-5H2,1-2H3,(H,12,15)(H,11,13,14). The first-order valence-electron chi connectivity index (χ1n) is 5.52. The molecular formula is C10H16N4OS. The van der Waals surface area contributed by atoms with Gasteiger partial charge in [-0.05, 0) is 26.7 Å². The zero-order valence-corrected chi connectivity index (χ0v) is 10.3. The van der Waals surface area contributed by atoms with Gasteiger partial charge in [-0.3, -0.25) is 4.79 Å². The Balaban J connectivity index is 1.77. The first-order chi connectivity index (χ1) is 7.65. The maximum absolute atomic E-state index is 11.4. The Morgan fingerprint density at radius 1 is 1.56 bits per heavy atom. The zero-order chi connectivity index (χ0) is 11.5. The number of carbonyl (C=O) groups excluding carboxylic acids is 1. The number of carbonyl (C=O) groups is 1. The molecule has 0 aliphatic heterocycles. The molecule has 2 rings (SSSR count). The number of aromatic nitrogens is 2. The van der Waals surface area contributed by atoms with E-state index >= 15 is 0 Å². The Kier molecular flexibility index (Phi) is 3.38. The monoisotopic (exact) mass is 240 g/mol.